The molecule has 0 aliphatic heterocycles. The second-order valence-corrected chi connectivity index (χ2v) is 9.81. The Morgan fingerprint density at radius 1 is 1.19 bits per heavy atom. The van der Waals surface area contributed by atoms with Crippen molar-refractivity contribution in [3.63, 3.8) is 0 Å². The van der Waals surface area contributed by atoms with Gasteiger partial charge in [-0.25, -0.2) is 8.42 Å². The fourth-order valence-electron chi connectivity index (χ4n) is 3.44. The quantitative estimate of drug-likeness (QED) is 0.504. The monoisotopic (exact) mass is 483 g/mol. The summed E-state index contributed by atoms with van der Waals surface area (Å²) >= 11 is 6.29. The van der Waals surface area contributed by atoms with E-state index in [4.69, 9.17) is 11.6 Å². The predicted octanol–water partition coefficient (Wildman–Crippen LogP) is 5.46. The number of hydrogen-bond donors (Lipinski definition) is 2. The molecule has 2 N–H and O–H groups in total. The molecule has 0 saturated heterocycles. The van der Waals surface area contributed by atoms with Crippen molar-refractivity contribution in [2.75, 3.05) is 5.32 Å². The first-order valence-electron chi connectivity index (χ1n) is 9.57. The van der Waals surface area contributed by atoms with Crippen molar-refractivity contribution in [2.45, 2.75) is 36.1 Å². The SMILES string of the molecule is Cc1cc(NC(=O)c2c(C3CC3)n[nH]c2-c2ccccc2Cl)ccc1S(=O)(=O)C(F)(F)F. The molecule has 3 aromatic rings. The van der Waals surface area contributed by atoms with E-state index in [-0.39, 0.29) is 17.2 Å². The van der Waals surface area contributed by atoms with E-state index in [9.17, 15) is 26.4 Å². The molecular weight excluding hydrogens is 467 g/mol. The normalized spacial score (nSPS) is 14.4. The minimum atomic E-state index is -5.50. The first kappa shape index (κ1) is 22.3. The summed E-state index contributed by atoms with van der Waals surface area (Å²) in [5, 5.41) is 10.2. The lowest BCUT2D eigenvalue weighted by Crippen LogP contribution is -2.24. The van der Waals surface area contributed by atoms with Crippen molar-refractivity contribution in [1.29, 1.82) is 0 Å². The molecule has 0 bridgehead atoms. The van der Waals surface area contributed by atoms with E-state index in [0.29, 0.717) is 27.5 Å². The molecule has 1 amide bonds. The standard InChI is InChI=1S/C21H17ClF3N3O3S/c1-11-10-13(8-9-16(11)32(30,31)21(23,24)25)26-20(29)17-18(12-6-7-12)27-28-19(17)14-4-2-3-5-15(14)22/h2-5,8-10,12H,6-7H2,1H3,(H,26,29)(H,27,28). The van der Waals surface area contributed by atoms with E-state index >= 15 is 0 Å². The maximum atomic E-state index is 13.2. The number of aromatic amines is 1. The summed E-state index contributed by atoms with van der Waals surface area (Å²) in [5.74, 6) is -0.398. The van der Waals surface area contributed by atoms with Crippen LogP contribution in [0.15, 0.2) is 47.4 Å². The van der Waals surface area contributed by atoms with Gasteiger partial charge in [-0.05, 0) is 49.6 Å². The van der Waals surface area contributed by atoms with Crippen LogP contribution in [0.3, 0.4) is 0 Å². The molecule has 0 atom stereocenters. The second kappa shape index (κ2) is 7.93. The van der Waals surface area contributed by atoms with Gasteiger partial charge < -0.3 is 5.32 Å². The Labute approximate surface area is 186 Å². The molecule has 1 aromatic heterocycles. The van der Waals surface area contributed by atoms with Gasteiger partial charge in [0.15, 0.2) is 0 Å². The van der Waals surface area contributed by atoms with E-state index in [1.807, 2.05) is 0 Å². The zero-order chi connectivity index (χ0) is 23.3. The zero-order valence-corrected chi connectivity index (χ0v) is 18.2. The van der Waals surface area contributed by atoms with Crippen molar-refractivity contribution in [3.8, 4) is 11.3 Å². The molecular formula is C21H17ClF3N3O3S. The van der Waals surface area contributed by atoms with Gasteiger partial charge in [0.25, 0.3) is 15.7 Å². The van der Waals surface area contributed by atoms with Crippen molar-refractivity contribution >= 4 is 33.0 Å². The molecule has 6 nitrogen and oxygen atoms in total. The molecule has 32 heavy (non-hydrogen) atoms. The Morgan fingerprint density at radius 3 is 2.47 bits per heavy atom. The summed E-state index contributed by atoms with van der Waals surface area (Å²) in [6.45, 7) is 1.23. The van der Waals surface area contributed by atoms with Gasteiger partial charge in [-0.1, -0.05) is 29.8 Å². The zero-order valence-electron chi connectivity index (χ0n) is 16.6. The van der Waals surface area contributed by atoms with Crippen LogP contribution < -0.4 is 5.32 Å². The number of H-pyrrole nitrogens is 1. The molecule has 1 fully saturated rings. The number of alkyl halides is 3. The molecule has 1 aliphatic rings. The number of sulfone groups is 1. The lowest BCUT2D eigenvalue weighted by molar-refractivity contribution is -0.0436. The van der Waals surface area contributed by atoms with E-state index < -0.39 is 26.1 Å². The summed E-state index contributed by atoms with van der Waals surface area (Å²) in [7, 11) is -5.50. The number of nitrogens with zero attached hydrogens (tertiary/aromatic N) is 1. The number of nitrogens with one attached hydrogen (secondary N) is 2. The largest absolute Gasteiger partial charge is 0.501 e. The van der Waals surface area contributed by atoms with Crippen LogP contribution in [-0.2, 0) is 9.84 Å². The predicted molar refractivity (Wildman–Crippen MR) is 113 cm³/mol. The van der Waals surface area contributed by atoms with Gasteiger partial charge in [0.2, 0.25) is 0 Å². The third-order valence-electron chi connectivity index (χ3n) is 5.16. The van der Waals surface area contributed by atoms with E-state index in [2.05, 4.69) is 15.5 Å². The lowest BCUT2D eigenvalue weighted by Gasteiger charge is -2.13. The number of aryl methyl sites for hydroxylation is 1. The highest BCUT2D eigenvalue weighted by atomic mass is 35.5. The number of hydrogen-bond acceptors (Lipinski definition) is 4. The molecule has 4 rings (SSSR count). The Bertz CT molecular complexity index is 1320. The van der Waals surface area contributed by atoms with Crippen LogP contribution in [0.4, 0.5) is 18.9 Å². The molecule has 0 unspecified atom stereocenters. The van der Waals surface area contributed by atoms with Gasteiger partial charge in [-0.15, -0.1) is 0 Å². The highest BCUT2D eigenvalue weighted by molar-refractivity contribution is 7.92. The summed E-state index contributed by atoms with van der Waals surface area (Å²) in [6.07, 6.45) is 1.77. The maximum absolute atomic E-state index is 13.2. The summed E-state index contributed by atoms with van der Waals surface area (Å²) < 4.78 is 62.1. The van der Waals surface area contributed by atoms with Crippen molar-refractivity contribution < 1.29 is 26.4 Å². The number of carbonyl (C=O) groups excluding carboxylic acids is 1. The number of amides is 1. The lowest BCUT2D eigenvalue weighted by atomic mass is 10.0. The van der Waals surface area contributed by atoms with Crippen molar-refractivity contribution in [3.05, 3.63) is 64.3 Å². The molecule has 1 saturated carbocycles. The fraction of sp³-hybridized carbons (Fsp3) is 0.238. The first-order chi connectivity index (χ1) is 15.0. The van der Waals surface area contributed by atoms with Crippen LogP contribution in [0.1, 0.15) is 40.4 Å². The molecule has 168 valence electrons. The molecule has 0 spiro atoms. The maximum Gasteiger partial charge on any atom is 0.501 e. The van der Waals surface area contributed by atoms with Gasteiger partial charge in [-0.2, -0.15) is 18.3 Å². The topological polar surface area (TPSA) is 91.9 Å². The number of halogens is 4. The third-order valence-corrected chi connectivity index (χ3v) is 7.13. The summed E-state index contributed by atoms with van der Waals surface area (Å²) in [5.41, 5.74) is -3.49. The van der Waals surface area contributed by atoms with Crippen molar-refractivity contribution in [1.82, 2.24) is 10.2 Å². The number of carbonyl (C=O) groups is 1. The number of anilines is 1. The van der Waals surface area contributed by atoms with E-state index in [0.717, 1.165) is 25.0 Å². The Kier molecular flexibility index (Phi) is 5.54. The van der Waals surface area contributed by atoms with Gasteiger partial charge in [0.1, 0.15) is 0 Å². The van der Waals surface area contributed by atoms with Crippen LogP contribution in [0.25, 0.3) is 11.3 Å². The van der Waals surface area contributed by atoms with Gasteiger partial charge >= 0.3 is 5.51 Å². The summed E-state index contributed by atoms with van der Waals surface area (Å²) in [4.78, 5) is 12.3. The van der Waals surface area contributed by atoms with Crippen LogP contribution >= 0.6 is 11.6 Å². The van der Waals surface area contributed by atoms with E-state index in [1.165, 1.54) is 13.0 Å². The Morgan fingerprint density at radius 2 is 1.88 bits per heavy atom. The molecule has 1 heterocycles. The van der Waals surface area contributed by atoms with Crippen molar-refractivity contribution in [2.24, 2.45) is 0 Å². The highest BCUT2D eigenvalue weighted by Crippen LogP contribution is 2.43. The van der Waals surface area contributed by atoms with E-state index in [1.54, 1.807) is 24.3 Å². The van der Waals surface area contributed by atoms with Crippen LogP contribution in [0, 0.1) is 6.92 Å². The van der Waals surface area contributed by atoms with Gasteiger partial charge in [-0.3, -0.25) is 9.89 Å². The summed E-state index contributed by atoms with van der Waals surface area (Å²) in [6, 6.07) is 10.1. The minimum Gasteiger partial charge on any atom is -0.322 e. The van der Waals surface area contributed by atoms with Crippen LogP contribution in [0.5, 0.6) is 0 Å². The smallest absolute Gasteiger partial charge is 0.322 e. The fourth-order valence-corrected chi connectivity index (χ4v) is 4.65. The average molecular weight is 484 g/mol. The number of rotatable bonds is 5. The van der Waals surface area contributed by atoms with Crippen LogP contribution in [0.2, 0.25) is 5.02 Å². The molecule has 11 heteroatoms. The first-order valence-corrected chi connectivity index (χ1v) is 11.4. The molecule has 2 aromatic carbocycles. The molecule has 0 radical (unpaired) electrons. The Balaban J connectivity index is 1.69. The van der Waals surface area contributed by atoms with Gasteiger partial charge in [0.05, 0.1) is 21.8 Å². The molecule has 1 aliphatic carbocycles. The average Bonchev–Trinajstić information content (AvgIpc) is 3.45. The third kappa shape index (κ3) is 4.00. The second-order valence-electron chi connectivity index (χ2n) is 7.50. The van der Waals surface area contributed by atoms with Crippen LogP contribution in [-0.4, -0.2) is 30.0 Å². The number of benzene rings is 2. The minimum absolute atomic E-state index is 0.129. The number of aromatic nitrogens is 2. The Hall–Kier alpha value is -2.85. The van der Waals surface area contributed by atoms with Gasteiger partial charge in [0, 0.05) is 22.2 Å². The highest BCUT2D eigenvalue weighted by Gasteiger charge is 2.47.